The smallest absolute Gasteiger partial charge is 0.282 e. The molecule has 32 heavy (non-hydrogen) atoms. The predicted molar refractivity (Wildman–Crippen MR) is 133 cm³/mol. The molecule has 0 atom stereocenters. The normalized spacial score (nSPS) is 11.3. The van der Waals surface area contributed by atoms with Crippen LogP contribution in [0.25, 0.3) is 10.9 Å². The number of nitrogens with zero attached hydrogens (tertiary/aromatic N) is 3. The molecular weight excluding hydrogens is 466 g/mol. The Morgan fingerprint density at radius 1 is 1.09 bits per heavy atom. The standard InChI is InChI=1S/C26H24BrN3O2/c1-3-5-25-29-24-13-12-21(27)15-23(24)26(31)30(25)28-16-20-6-4-7-22(14-20)32-17-19-10-8-18(2)9-11-19/h4,6-16H,3,5,17H2,1-2H3. The highest BCUT2D eigenvalue weighted by Gasteiger charge is 2.10. The Bertz CT molecular complexity index is 1330. The van der Waals surface area contributed by atoms with Crippen LogP contribution >= 0.6 is 15.9 Å². The topological polar surface area (TPSA) is 56.5 Å². The lowest BCUT2D eigenvalue weighted by Crippen LogP contribution is -2.22. The molecule has 5 nitrogen and oxygen atoms in total. The van der Waals surface area contributed by atoms with Crippen LogP contribution in [0.1, 0.15) is 35.9 Å². The lowest BCUT2D eigenvalue weighted by molar-refractivity contribution is 0.306. The second-order valence-electron chi connectivity index (χ2n) is 7.65. The van der Waals surface area contributed by atoms with E-state index in [9.17, 15) is 4.79 Å². The van der Waals surface area contributed by atoms with Gasteiger partial charge in [0.25, 0.3) is 5.56 Å². The molecule has 0 amide bonds. The van der Waals surface area contributed by atoms with Crippen LogP contribution in [0.15, 0.2) is 81.1 Å². The van der Waals surface area contributed by atoms with Crippen molar-refractivity contribution < 1.29 is 4.74 Å². The second kappa shape index (κ2) is 9.92. The number of rotatable bonds is 7. The fourth-order valence-electron chi connectivity index (χ4n) is 3.36. The van der Waals surface area contributed by atoms with Gasteiger partial charge in [0.05, 0.1) is 17.1 Å². The van der Waals surface area contributed by atoms with Crippen molar-refractivity contribution in [2.75, 3.05) is 0 Å². The first-order chi connectivity index (χ1) is 15.5. The van der Waals surface area contributed by atoms with Gasteiger partial charge < -0.3 is 4.74 Å². The number of benzene rings is 3. The second-order valence-corrected chi connectivity index (χ2v) is 8.56. The Morgan fingerprint density at radius 2 is 1.91 bits per heavy atom. The first kappa shape index (κ1) is 22.0. The van der Waals surface area contributed by atoms with Crippen molar-refractivity contribution in [2.45, 2.75) is 33.3 Å². The Balaban J connectivity index is 1.60. The fraction of sp³-hybridized carbons (Fsp3) is 0.192. The maximum atomic E-state index is 13.1. The summed E-state index contributed by atoms with van der Waals surface area (Å²) in [5.74, 6) is 1.39. The van der Waals surface area contributed by atoms with Crippen LogP contribution in [-0.2, 0) is 13.0 Å². The van der Waals surface area contributed by atoms with Crippen molar-refractivity contribution >= 4 is 33.0 Å². The quantitative estimate of drug-likeness (QED) is 0.304. The SMILES string of the molecule is CCCc1nc2ccc(Br)cc2c(=O)n1N=Cc1cccc(OCc2ccc(C)cc2)c1. The summed E-state index contributed by atoms with van der Waals surface area (Å²) < 4.78 is 8.17. The summed E-state index contributed by atoms with van der Waals surface area (Å²) in [4.78, 5) is 17.8. The van der Waals surface area contributed by atoms with Gasteiger partial charge in [0.2, 0.25) is 0 Å². The van der Waals surface area contributed by atoms with E-state index >= 15 is 0 Å². The molecule has 0 N–H and O–H groups in total. The zero-order chi connectivity index (χ0) is 22.5. The molecule has 6 heteroatoms. The molecule has 0 aliphatic rings. The Kier molecular flexibility index (Phi) is 6.81. The van der Waals surface area contributed by atoms with Crippen molar-refractivity contribution in [1.82, 2.24) is 9.66 Å². The van der Waals surface area contributed by atoms with E-state index in [1.165, 1.54) is 10.2 Å². The molecule has 0 radical (unpaired) electrons. The number of ether oxygens (including phenoxy) is 1. The fourth-order valence-corrected chi connectivity index (χ4v) is 3.72. The van der Waals surface area contributed by atoms with E-state index in [1.807, 2.05) is 36.4 Å². The van der Waals surface area contributed by atoms with Crippen molar-refractivity contribution in [2.24, 2.45) is 5.10 Å². The number of fused-ring (bicyclic) bond motifs is 1. The van der Waals surface area contributed by atoms with Gasteiger partial charge in [-0.3, -0.25) is 4.79 Å². The summed E-state index contributed by atoms with van der Waals surface area (Å²) in [6.45, 7) is 4.61. The first-order valence-electron chi connectivity index (χ1n) is 10.6. The highest BCUT2D eigenvalue weighted by Crippen LogP contribution is 2.17. The van der Waals surface area contributed by atoms with Gasteiger partial charge in [0.15, 0.2) is 0 Å². The maximum Gasteiger partial charge on any atom is 0.282 e. The number of aromatic nitrogens is 2. The third-order valence-corrected chi connectivity index (χ3v) is 5.55. The lowest BCUT2D eigenvalue weighted by atomic mass is 10.2. The summed E-state index contributed by atoms with van der Waals surface area (Å²) in [6, 6.07) is 21.5. The van der Waals surface area contributed by atoms with Crippen molar-refractivity contribution in [3.63, 3.8) is 0 Å². The monoisotopic (exact) mass is 489 g/mol. The summed E-state index contributed by atoms with van der Waals surface area (Å²) in [5.41, 5.74) is 3.68. The minimum Gasteiger partial charge on any atom is -0.489 e. The van der Waals surface area contributed by atoms with Crippen LogP contribution in [0.4, 0.5) is 0 Å². The van der Waals surface area contributed by atoms with Crippen LogP contribution in [0.2, 0.25) is 0 Å². The van der Waals surface area contributed by atoms with E-state index in [0.717, 1.165) is 27.8 Å². The molecule has 0 spiro atoms. The van der Waals surface area contributed by atoms with E-state index in [1.54, 1.807) is 12.3 Å². The highest BCUT2D eigenvalue weighted by atomic mass is 79.9. The molecule has 162 valence electrons. The molecule has 0 fully saturated rings. The maximum absolute atomic E-state index is 13.1. The number of aryl methyl sites for hydroxylation is 2. The molecule has 0 bridgehead atoms. The number of hydrogen-bond donors (Lipinski definition) is 0. The van der Waals surface area contributed by atoms with E-state index in [0.29, 0.717) is 29.8 Å². The van der Waals surface area contributed by atoms with Gasteiger partial charge in [0.1, 0.15) is 18.2 Å². The van der Waals surface area contributed by atoms with Gasteiger partial charge in [0, 0.05) is 10.9 Å². The zero-order valence-corrected chi connectivity index (χ0v) is 19.7. The summed E-state index contributed by atoms with van der Waals surface area (Å²) in [5, 5.41) is 5.02. The van der Waals surface area contributed by atoms with Crippen LogP contribution in [0.3, 0.4) is 0 Å². The van der Waals surface area contributed by atoms with Gasteiger partial charge in [-0.1, -0.05) is 64.8 Å². The van der Waals surface area contributed by atoms with E-state index in [4.69, 9.17) is 4.74 Å². The van der Waals surface area contributed by atoms with Crippen molar-refractivity contribution in [3.8, 4) is 5.75 Å². The highest BCUT2D eigenvalue weighted by molar-refractivity contribution is 9.10. The summed E-state index contributed by atoms with van der Waals surface area (Å²) in [6.07, 6.45) is 3.20. The Labute approximate surface area is 195 Å². The summed E-state index contributed by atoms with van der Waals surface area (Å²) in [7, 11) is 0. The zero-order valence-electron chi connectivity index (χ0n) is 18.1. The van der Waals surface area contributed by atoms with Crippen LogP contribution in [0.5, 0.6) is 5.75 Å². The average Bonchev–Trinajstić information content (AvgIpc) is 2.79. The van der Waals surface area contributed by atoms with Crippen LogP contribution in [-0.4, -0.2) is 15.9 Å². The van der Waals surface area contributed by atoms with Gasteiger partial charge in [-0.2, -0.15) is 9.78 Å². The molecule has 1 heterocycles. The molecule has 0 aliphatic carbocycles. The lowest BCUT2D eigenvalue weighted by Gasteiger charge is -2.09. The number of halogens is 1. The molecule has 0 saturated carbocycles. The molecule has 0 unspecified atom stereocenters. The molecule has 4 rings (SSSR count). The third kappa shape index (κ3) is 5.14. The van der Waals surface area contributed by atoms with Crippen LogP contribution < -0.4 is 10.3 Å². The van der Waals surface area contributed by atoms with E-state index in [-0.39, 0.29) is 5.56 Å². The molecule has 0 aliphatic heterocycles. The van der Waals surface area contributed by atoms with Gasteiger partial charge >= 0.3 is 0 Å². The van der Waals surface area contributed by atoms with Crippen LogP contribution in [0, 0.1) is 6.92 Å². The van der Waals surface area contributed by atoms with E-state index < -0.39 is 0 Å². The van der Waals surface area contributed by atoms with Gasteiger partial charge in [-0.15, -0.1) is 0 Å². The van der Waals surface area contributed by atoms with Gasteiger partial charge in [-0.25, -0.2) is 4.98 Å². The van der Waals surface area contributed by atoms with Crippen molar-refractivity contribution in [3.05, 3.63) is 104 Å². The Morgan fingerprint density at radius 3 is 2.69 bits per heavy atom. The molecule has 0 saturated heterocycles. The largest absolute Gasteiger partial charge is 0.489 e. The predicted octanol–water partition coefficient (Wildman–Crippen LogP) is 5.88. The van der Waals surface area contributed by atoms with Gasteiger partial charge in [-0.05, 0) is 54.8 Å². The van der Waals surface area contributed by atoms with Crippen molar-refractivity contribution in [1.29, 1.82) is 0 Å². The average molecular weight is 490 g/mol. The first-order valence-corrected chi connectivity index (χ1v) is 11.4. The minimum absolute atomic E-state index is 0.178. The molecular formula is C26H24BrN3O2. The molecule has 3 aromatic carbocycles. The Hall–Kier alpha value is -3.25. The van der Waals surface area contributed by atoms with E-state index in [2.05, 4.69) is 64.1 Å². The number of hydrogen-bond acceptors (Lipinski definition) is 4. The third-order valence-electron chi connectivity index (χ3n) is 5.06. The summed E-state index contributed by atoms with van der Waals surface area (Å²) >= 11 is 3.43. The molecule has 4 aromatic rings. The minimum atomic E-state index is -0.178. The molecule has 1 aromatic heterocycles.